The molecule has 12 rings (SSSR count). The van der Waals surface area contributed by atoms with Gasteiger partial charge in [0.1, 0.15) is 30.6 Å². The smallest absolute Gasteiger partial charge is 0.416 e. The Hall–Kier alpha value is -8.03. The standard InChI is InChI=1S/C40H44NO6P.C32H12BF24.C8H12.Ir/c1-28(2)33-27-42-36(41-33)37(3,4)45-48-46-39(29-19-11-7-12-20-29,30-21-13-8-14-22-30)34-35(44-38(5,6)43-34)40(47-48,31-23-15-9-16-24-31)32-25-17-10-18-26-32;34-25(35,36)13-1-14(26(37,38)39)6-21(5-13)33(22-7-15(27(40,41)42)2-16(8-22)28(43,44)45,23-9-17(29(46,47)48)3-18(10-23)30(49,50)51)24-11-19(31(52,53)54)4-20(12-24)32(55,56)57;1-2-4-6-8-7-5-3-1;/h7-26,28,33-35H,27H2,1-6H3;1-12H;1-2,7-8H,3-6H2;/q;-1;;/b;;2-1-,8-7-;/t33-,34-,35-;;;/m1.../s1. The summed E-state index contributed by atoms with van der Waals surface area (Å²) in [5.41, 5.74) is -30.0. The largest absolute Gasteiger partial charge is 0.477 e. The fourth-order valence-corrected chi connectivity index (χ4v) is 15.6. The molecule has 8 aromatic carbocycles. The molecule has 0 unspecified atom stereocenters. The molecule has 7 nitrogen and oxygen atoms in total. The zero-order chi connectivity index (χ0) is 83.1. The normalized spacial score (nSPS) is 19.6. The molecule has 0 saturated carbocycles. The SMILES string of the molecule is C1=C\CC/C=C\CC/1.CC(C)[C@H]1COC(C(C)(C)OP2OC(c3ccccc3)(c3ccccc3)[C@@H]3OC(C)(C)O[C@H]3C(c3ccccc3)(c3ccccc3)O2)=N1.FC(F)(F)c1cc([B-](c2cc(C(F)(F)F)cc(C(F)(F)F)c2)(c2cc(C(F)(F)F)cc(C(F)(F)F)c2)c2cc(C(F)(F)F)cc(C(F)(F)F)c2)cc(C(F)(F)F)c1.[Ir]. The maximum Gasteiger partial charge on any atom is 0.416 e. The van der Waals surface area contributed by atoms with E-state index in [0.29, 0.717) is 18.4 Å². The number of aliphatic imine (C=N–C) groups is 1. The third-order valence-corrected chi connectivity index (χ3v) is 20.7. The van der Waals surface area contributed by atoms with E-state index >= 15 is 0 Å². The molecule has 0 N–H and O–H groups in total. The van der Waals surface area contributed by atoms with Gasteiger partial charge >= 0.3 is 58.0 Å². The van der Waals surface area contributed by atoms with Crippen molar-refractivity contribution in [1.82, 2.24) is 0 Å². The molecule has 1 radical (unpaired) electrons. The van der Waals surface area contributed by atoms with Crippen LogP contribution in [-0.4, -0.2) is 48.3 Å². The number of rotatable bonds is 12. The van der Waals surface area contributed by atoms with Gasteiger partial charge in [0.25, 0.3) is 0 Å². The van der Waals surface area contributed by atoms with E-state index in [9.17, 15) is 105 Å². The van der Waals surface area contributed by atoms with Crippen molar-refractivity contribution >= 4 is 42.5 Å². The number of nitrogens with zero attached hydrogens (tertiary/aromatic N) is 1. The Morgan fingerprint density at radius 1 is 0.377 bits per heavy atom. The van der Waals surface area contributed by atoms with Crippen LogP contribution in [0.25, 0.3) is 0 Å². The molecule has 3 heterocycles. The fraction of sp³-hybridized carbons (Fsp3) is 0.338. The maximum atomic E-state index is 14.2. The summed E-state index contributed by atoms with van der Waals surface area (Å²) in [6.07, 6.45) is -42.2. The zero-order valence-electron chi connectivity index (χ0n) is 60.5. The first-order valence-corrected chi connectivity index (χ1v) is 35.7. The van der Waals surface area contributed by atoms with Crippen LogP contribution in [0.1, 0.15) is 134 Å². The van der Waals surface area contributed by atoms with Crippen LogP contribution in [0.15, 0.2) is 223 Å². The Bertz CT molecular complexity index is 4070. The Morgan fingerprint density at radius 3 is 0.807 bits per heavy atom. The molecule has 2 fully saturated rings. The van der Waals surface area contributed by atoms with Crippen LogP contribution in [0.2, 0.25) is 0 Å². The number of halogens is 24. The molecule has 0 amide bonds. The quantitative estimate of drug-likeness (QED) is 0.0525. The number of hydrogen-bond donors (Lipinski definition) is 0. The molecule has 34 heteroatoms. The molecular weight excluding hydrogens is 1760 g/mol. The van der Waals surface area contributed by atoms with Gasteiger partial charge in [-0.1, -0.05) is 208 Å². The molecular formula is C80H68BF24IrNO6P-. The van der Waals surface area contributed by atoms with Gasteiger partial charge < -0.3 is 14.2 Å². The Kier molecular flexibility index (Phi) is 26.4. The van der Waals surface area contributed by atoms with E-state index in [0.717, 1.165) is 22.3 Å². The second-order valence-corrected chi connectivity index (χ2v) is 29.3. The molecule has 1 aliphatic carbocycles. The van der Waals surface area contributed by atoms with Gasteiger partial charge in [-0.25, -0.2) is 4.99 Å². The fourth-order valence-electron chi connectivity index (χ4n) is 13.9. The van der Waals surface area contributed by atoms with Gasteiger partial charge in [0, 0.05) is 20.1 Å². The van der Waals surface area contributed by atoms with Gasteiger partial charge in [-0.3, -0.25) is 13.6 Å². The van der Waals surface area contributed by atoms with E-state index in [1.54, 1.807) is 0 Å². The molecule has 0 bridgehead atoms. The van der Waals surface area contributed by atoms with Gasteiger partial charge in [-0.15, -0.1) is 0 Å². The van der Waals surface area contributed by atoms with Crippen molar-refractivity contribution in [2.45, 2.75) is 157 Å². The Morgan fingerprint density at radius 2 is 0.605 bits per heavy atom. The summed E-state index contributed by atoms with van der Waals surface area (Å²) in [5, 5.41) is 0. The molecule has 615 valence electrons. The number of alkyl halides is 24. The summed E-state index contributed by atoms with van der Waals surface area (Å²) in [6.45, 7) is 12.6. The molecule has 3 aliphatic heterocycles. The van der Waals surface area contributed by atoms with Crippen LogP contribution in [0, 0.1) is 5.92 Å². The Balaban J connectivity index is 0.000000237. The van der Waals surface area contributed by atoms with Crippen molar-refractivity contribution in [3.05, 3.63) is 285 Å². The van der Waals surface area contributed by atoms with Crippen molar-refractivity contribution in [2.24, 2.45) is 10.9 Å². The average molecular weight is 1830 g/mol. The predicted molar refractivity (Wildman–Crippen MR) is 374 cm³/mol. The topological polar surface area (TPSA) is 67.7 Å². The molecule has 4 aliphatic rings. The van der Waals surface area contributed by atoms with Crippen molar-refractivity contribution in [3.63, 3.8) is 0 Å². The molecule has 3 atom stereocenters. The zero-order valence-corrected chi connectivity index (χ0v) is 63.7. The summed E-state index contributed by atoms with van der Waals surface area (Å²) < 4.78 is 383. The summed E-state index contributed by atoms with van der Waals surface area (Å²) in [5.74, 6) is -0.104. The minimum Gasteiger partial charge on any atom is -0.477 e. The van der Waals surface area contributed by atoms with Crippen LogP contribution >= 0.6 is 8.60 Å². The van der Waals surface area contributed by atoms with E-state index in [4.69, 9.17) is 32.8 Å². The van der Waals surface area contributed by atoms with E-state index in [1.165, 1.54) is 25.7 Å². The number of benzene rings is 8. The van der Waals surface area contributed by atoms with Crippen LogP contribution in [0.3, 0.4) is 0 Å². The van der Waals surface area contributed by atoms with E-state index in [-0.39, 0.29) is 26.1 Å². The number of fused-ring (bicyclic) bond motifs is 1. The van der Waals surface area contributed by atoms with Crippen LogP contribution in [0.5, 0.6) is 0 Å². The number of ether oxygens (including phenoxy) is 3. The van der Waals surface area contributed by atoms with E-state index < -0.39 is 238 Å². The average Bonchev–Trinajstić information content (AvgIpc) is 1.28. The minimum atomic E-state index is -6.13. The van der Waals surface area contributed by atoms with Crippen molar-refractivity contribution < 1.29 is 153 Å². The molecule has 2 saturated heterocycles. The first-order chi connectivity index (χ1) is 52.3. The van der Waals surface area contributed by atoms with E-state index in [1.807, 2.05) is 100 Å². The van der Waals surface area contributed by atoms with Crippen LogP contribution in [-0.2, 0) is 108 Å². The van der Waals surface area contributed by atoms with Gasteiger partial charge in [-0.05, 0) is 106 Å². The Labute approximate surface area is 653 Å². The molecule has 8 aromatic rings. The summed E-state index contributed by atoms with van der Waals surface area (Å²) in [7, 11) is -2.18. The number of hydrogen-bond acceptors (Lipinski definition) is 7. The first kappa shape index (κ1) is 89.9. The van der Waals surface area contributed by atoms with Gasteiger partial charge in [0.15, 0.2) is 17.0 Å². The number of allylic oxidation sites excluding steroid dienone is 4. The summed E-state index contributed by atoms with van der Waals surface area (Å²) >= 11 is 0. The summed E-state index contributed by atoms with van der Waals surface area (Å²) in [6, 6.07) is 32.0. The molecule has 114 heavy (non-hydrogen) atoms. The molecule has 0 spiro atoms. The van der Waals surface area contributed by atoms with Crippen LogP contribution in [0.4, 0.5) is 105 Å². The third kappa shape index (κ3) is 19.8. The minimum absolute atomic E-state index is 0. The van der Waals surface area contributed by atoms with Crippen molar-refractivity contribution in [1.29, 1.82) is 0 Å². The van der Waals surface area contributed by atoms with Gasteiger partial charge in [0.05, 0.1) is 50.5 Å². The van der Waals surface area contributed by atoms with Gasteiger partial charge in [0.2, 0.25) is 5.90 Å². The van der Waals surface area contributed by atoms with Crippen molar-refractivity contribution in [3.8, 4) is 0 Å². The van der Waals surface area contributed by atoms with Gasteiger partial charge in [-0.2, -0.15) is 127 Å². The van der Waals surface area contributed by atoms with Crippen LogP contribution < -0.4 is 21.9 Å². The maximum absolute atomic E-state index is 14.2. The van der Waals surface area contributed by atoms with Crippen molar-refractivity contribution in [2.75, 3.05) is 6.61 Å². The predicted octanol–water partition coefficient (Wildman–Crippen LogP) is 22.8. The van der Waals surface area contributed by atoms with E-state index in [2.05, 4.69) is 86.7 Å². The first-order valence-electron chi connectivity index (χ1n) is 34.6. The second-order valence-electron chi connectivity index (χ2n) is 28.3. The second kappa shape index (κ2) is 33.5. The monoisotopic (exact) mass is 1830 g/mol. The third-order valence-electron chi connectivity index (χ3n) is 19.2. The summed E-state index contributed by atoms with van der Waals surface area (Å²) in [4.78, 5) is 4.95. The molecule has 0 aromatic heterocycles.